The molecule has 0 radical (unpaired) electrons. The maximum atomic E-state index is 13.0. The number of benzene rings is 2. The van der Waals surface area contributed by atoms with Crippen molar-refractivity contribution in [3.05, 3.63) is 54.1 Å². The SMILES string of the molecule is CC(OCCCNC(=O)C(NS(=O)(=O)c1ccc2c(c1)OCCCO2)C(C)C)c1ccccc1. The highest BCUT2D eigenvalue weighted by Crippen LogP contribution is 2.32. The summed E-state index contributed by atoms with van der Waals surface area (Å²) in [5.74, 6) is 0.280. The van der Waals surface area contributed by atoms with Gasteiger partial charge in [0.25, 0.3) is 0 Å². The van der Waals surface area contributed by atoms with Gasteiger partial charge in [0.15, 0.2) is 11.5 Å². The van der Waals surface area contributed by atoms with Crippen LogP contribution in [-0.2, 0) is 19.6 Å². The van der Waals surface area contributed by atoms with E-state index < -0.39 is 16.1 Å². The molecule has 2 aromatic carbocycles. The van der Waals surface area contributed by atoms with Crippen LogP contribution in [0, 0.1) is 5.92 Å². The van der Waals surface area contributed by atoms with E-state index in [4.69, 9.17) is 14.2 Å². The lowest BCUT2D eigenvalue weighted by atomic mass is 10.1. The summed E-state index contributed by atoms with van der Waals surface area (Å²) >= 11 is 0. The van der Waals surface area contributed by atoms with Crippen molar-refractivity contribution in [3.8, 4) is 11.5 Å². The molecule has 9 heteroatoms. The van der Waals surface area contributed by atoms with Gasteiger partial charge < -0.3 is 19.5 Å². The first-order valence-electron chi connectivity index (χ1n) is 11.6. The van der Waals surface area contributed by atoms with Gasteiger partial charge in [0.1, 0.15) is 6.04 Å². The molecule has 0 saturated heterocycles. The number of carbonyl (C=O) groups excluding carboxylic acids is 1. The van der Waals surface area contributed by atoms with E-state index in [2.05, 4.69) is 10.0 Å². The molecule has 1 aliphatic heterocycles. The van der Waals surface area contributed by atoms with Crippen molar-refractivity contribution in [2.75, 3.05) is 26.4 Å². The van der Waals surface area contributed by atoms with Gasteiger partial charge in [-0.1, -0.05) is 44.2 Å². The molecule has 0 spiro atoms. The van der Waals surface area contributed by atoms with E-state index in [1.807, 2.05) is 37.3 Å². The largest absolute Gasteiger partial charge is 0.490 e. The van der Waals surface area contributed by atoms with E-state index in [9.17, 15) is 13.2 Å². The molecule has 2 aromatic rings. The minimum absolute atomic E-state index is 0.0264. The van der Waals surface area contributed by atoms with Crippen molar-refractivity contribution in [2.45, 2.75) is 50.7 Å². The number of hydrogen-bond acceptors (Lipinski definition) is 6. The maximum absolute atomic E-state index is 13.0. The van der Waals surface area contributed by atoms with Crippen LogP contribution in [0.5, 0.6) is 11.5 Å². The van der Waals surface area contributed by atoms with E-state index in [0.717, 1.165) is 12.0 Å². The Morgan fingerprint density at radius 2 is 1.74 bits per heavy atom. The number of sulfonamides is 1. The molecule has 34 heavy (non-hydrogen) atoms. The van der Waals surface area contributed by atoms with Gasteiger partial charge in [-0.3, -0.25) is 4.79 Å². The fraction of sp³-hybridized carbons (Fsp3) is 0.480. The maximum Gasteiger partial charge on any atom is 0.241 e. The van der Waals surface area contributed by atoms with Gasteiger partial charge in [-0.15, -0.1) is 0 Å². The predicted octanol–water partition coefficient (Wildman–Crippen LogP) is 3.43. The van der Waals surface area contributed by atoms with Gasteiger partial charge in [-0.05, 0) is 37.0 Å². The molecule has 186 valence electrons. The normalized spacial score (nSPS) is 15.4. The van der Waals surface area contributed by atoms with Crippen molar-refractivity contribution in [1.29, 1.82) is 0 Å². The molecule has 0 saturated carbocycles. The number of carbonyl (C=O) groups is 1. The molecule has 2 atom stereocenters. The van der Waals surface area contributed by atoms with E-state index in [1.165, 1.54) is 12.1 Å². The Balaban J connectivity index is 1.52. The summed E-state index contributed by atoms with van der Waals surface area (Å²) in [7, 11) is -3.94. The van der Waals surface area contributed by atoms with Crippen LogP contribution < -0.4 is 19.5 Å². The van der Waals surface area contributed by atoms with Crippen LogP contribution in [0.4, 0.5) is 0 Å². The summed E-state index contributed by atoms with van der Waals surface area (Å²) < 4.78 is 45.5. The highest BCUT2D eigenvalue weighted by molar-refractivity contribution is 7.89. The lowest BCUT2D eigenvalue weighted by Gasteiger charge is -2.22. The standard InChI is InChI=1S/C25H34N2O6S/c1-18(2)24(25(28)26-13-7-14-31-19(3)20-9-5-4-6-10-20)27-34(29,30)21-11-12-22-23(17-21)33-16-8-15-32-22/h4-6,9-12,17-19,24,27H,7-8,13-16H2,1-3H3,(H,26,28). The number of rotatable bonds is 11. The third kappa shape index (κ3) is 7.19. The summed E-state index contributed by atoms with van der Waals surface area (Å²) in [5, 5.41) is 2.82. The van der Waals surface area contributed by atoms with E-state index in [1.54, 1.807) is 19.9 Å². The van der Waals surface area contributed by atoms with Crippen LogP contribution in [0.1, 0.15) is 45.3 Å². The first-order valence-corrected chi connectivity index (χ1v) is 13.1. The summed E-state index contributed by atoms with van der Waals surface area (Å²) in [4.78, 5) is 12.8. The molecular weight excluding hydrogens is 456 g/mol. The van der Waals surface area contributed by atoms with Crippen LogP contribution in [0.15, 0.2) is 53.4 Å². The molecule has 2 unspecified atom stereocenters. The van der Waals surface area contributed by atoms with E-state index >= 15 is 0 Å². The molecule has 0 bridgehead atoms. The van der Waals surface area contributed by atoms with Crippen LogP contribution in [0.3, 0.4) is 0 Å². The van der Waals surface area contributed by atoms with Crippen molar-refractivity contribution >= 4 is 15.9 Å². The van der Waals surface area contributed by atoms with Crippen molar-refractivity contribution in [2.24, 2.45) is 5.92 Å². The zero-order chi connectivity index (χ0) is 24.6. The molecule has 0 fully saturated rings. The van der Waals surface area contributed by atoms with Crippen molar-refractivity contribution in [3.63, 3.8) is 0 Å². The average molecular weight is 491 g/mol. The van der Waals surface area contributed by atoms with Crippen LogP contribution in [0.2, 0.25) is 0 Å². The minimum Gasteiger partial charge on any atom is -0.490 e. The van der Waals surface area contributed by atoms with Crippen molar-refractivity contribution in [1.82, 2.24) is 10.0 Å². The molecule has 2 N–H and O–H groups in total. The molecule has 0 aromatic heterocycles. The number of fused-ring (bicyclic) bond motifs is 1. The third-order valence-electron chi connectivity index (χ3n) is 5.52. The first kappa shape index (κ1) is 26.0. The molecule has 8 nitrogen and oxygen atoms in total. The minimum atomic E-state index is -3.94. The quantitative estimate of drug-likeness (QED) is 0.468. The third-order valence-corrected chi connectivity index (χ3v) is 6.96. The summed E-state index contributed by atoms with van der Waals surface area (Å²) in [5.41, 5.74) is 1.09. The average Bonchev–Trinajstić information content (AvgIpc) is 3.07. The van der Waals surface area contributed by atoms with Crippen LogP contribution in [-0.4, -0.2) is 46.7 Å². The zero-order valence-electron chi connectivity index (χ0n) is 20.0. The molecular formula is C25H34N2O6S. The number of amides is 1. The van der Waals surface area contributed by atoms with Gasteiger partial charge >= 0.3 is 0 Å². The fourth-order valence-electron chi connectivity index (χ4n) is 3.51. The Morgan fingerprint density at radius 1 is 1.03 bits per heavy atom. The van der Waals surface area contributed by atoms with E-state index in [0.29, 0.717) is 44.3 Å². The highest BCUT2D eigenvalue weighted by Gasteiger charge is 2.29. The van der Waals surface area contributed by atoms with E-state index in [-0.39, 0.29) is 22.8 Å². The Morgan fingerprint density at radius 3 is 2.44 bits per heavy atom. The Kier molecular flexibility index (Phi) is 9.32. The molecule has 1 heterocycles. The highest BCUT2D eigenvalue weighted by atomic mass is 32.2. The Labute approximate surface area is 202 Å². The van der Waals surface area contributed by atoms with Gasteiger partial charge in [-0.25, -0.2) is 8.42 Å². The van der Waals surface area contributed by atoms with Crippen LogP contribution >= 0.6 is 0 Å². The number of ether oxygens (including phenoxy) is 3. The summed E-state index contributed by atoms with van der Waals surface area (Å²) in [6.45, 7) is 7.41. The smallest absolute Gasteiger partial charge is 0.241 e. The first-order chi connectivity index (χ1) is 16.3. The molecule has 1 amide bonds. The fourth-order valence-corrected chi connectivity index (χ4v) is 4.87. The second kappa shape index (κ2) is 12.2. The topological polar surface area (TPSA) is 103 Å². The Bertz CT molecular complexity index is 1040. The second-order valence-electron chi connectivity index (χ2n) is 8.57. The molecule has 3 rings (SSSR count). The number of hydrogen-bond donors (Lipinski definition) is 2. The Hall–Kier alpha value is -2.62. The zero-order valence-corrected chi connectivity index (χ0v) is 20.8. The number of nitrogens with one attached hydrogen (secondary N) is 2. The second-order valence-corrected chi connectivity index (χ2v) is 10.3. The lowest BCUT2D eigenvalue weighted by Crippen LogP contribution is -2.49. The summed E-state index contributed by atoms with van der Waals surface area (Å²) in [6.07, 6.45) is 1.30. The van der Waals surface area contributed by atoms with Gasteiger partial charge in [0, 0.05) is 25.6 Å². The molecule has 0 aliphatic carbocycles. The summed E-state index contributed by atoms with van der Waals surface area (Å²) in [6, 6.07) is 13.5. The van der Waals surface area contributed by atoms with Crippen molar-refractivity contribution < 1.29 is 27.4 Å². The monoisotopic (exact) mass is 490 g/mol. The van der Waals surface area contributed by atoms with Gasteiger partial charge in [-0.2, -0.15) is 4.72 Å². The van der Waals surface area contributed by atoms with Gasteiger partial charge in [0.2, 0.25) is 15.9 Å². The predicted molar refractivity (Wildman–Crippen MR) is 129 cm³/mol. The van der Waals surface area contributed by atoms with Gasteiger partial charge in [0.05, 0.1) is 24.2 Å². The van der Waals surface area contributed by atoms with Crippen LogP contribution in [0.25, 0.3) is 0 Å². The molecule has 1 aliphatic rings. The lowest BCUT2D eigenvalue weighted by molar-refractivity contribution is -0.123.